The van der Waals surface area contributed by atoms with Crippen molar-refractivity contribution in [1.82, 2.24) is 10.2 Å². The summed E-state index contributed by atoms with van der Waals surface area (Å²) >= 11 is 12.5. The molecule has 0 spiro atoms. The van der Waals surface area contributed by atoms with E-state index in [9.17, 15) is 18.0 Å². The van der Waals surface area contributed by atoms with Gasteiger partial charge in [-0.15, -0.1) is 0 Å². The maximum Gasteiger partial charge on any atom is 0.264 e. The molecule has 1 fully saturated rings. The SMILES string of the molecule is C[C@@H](C(=O)NC1CCCC1)N(Cc1ccc(Cl)cc1)C(=O)CN(c1ccccc1Cl)S(=O)(=O)c1ccccc1. The Kier molecular flexibility index (Phi) is 9.53. The van der Waals surface area contributed by atoms with Gasteiger partial charge >= 0.3 is 0 Å². The van der Waals surface area contributed by atoms with E-state index in [1.807, 2.05) is 0 Å². The second kappa shape index (κ2) is 12.9. The monoisotopic (exact) mass is 587 g/mol. The first kappa shape index (κ1) is 28.9. The molecule has 0 aliphatic heterocycles. The van der Waals surface area contributed by atoms with E-state index >= 15 is 0 Å². The minimum Gasteiger partial charge on any atom is -0.352 e. The quantitative estimate of drug-likeness (QED) is 0.331. The number of hydrogen-bond acceptors (Lipinski definition) is 4. The smallest absolute Gasteiger partial charge is 0.264 e. The van der Waals surface area contributed by atoms with Crippen LogP contribution in [0.3, 0.4) is 0 Å². The molecule has 10 heteroatoms. The lowest BCUT2D eigenvalue weighted by molar-refractivity contribution is -0.139. The van der Waals surface area contributed by atoms with Crippen molar-refractivity contribution in [3.63, 3.8) is 0 Å². The predicted molar refractivity (Wildman–Crippen MR) is 154 cm³/mol. The number of hydrogen-bond donors (Lipinski definition) is 1. The third kappa shape index (κ3) is 7.12. The van der Waals surface area contributed by atoms with Crippen molar-refractivity contribution in [2.45, 2.75) is 56.1 Å². The second-order valence-corrected chi connectivity index (χ2v) is 12.3. The van der Waals surface area contributed by atoms with Gasteiger partial charge in [-0.2, -0.15) is 0 Å². The summed E-state index contributed by atoms with van der Waals surface area (Å²) in [7, 11) is -4.16. The van der Waals surface area contributed by atoms with Crippen LogP contribution in [0.15, 0.2) is 83.8 Å². The number of benzene rings is 3. The normalized spacial score (nSPS) is 14.5. The lowest BCUT2D eigenvalue weighted by atomic mass is 10.1. The fourth-order valence-corrected chi connectivity index (χ4v) is 6.52. The number of nitrogens with one attached hydrogen (secondary N) is 1. The highest BCUT2D eigenvalue weighted by Gasteiger charge is 2.34. The topological polar surface area (TPSA) is 86.8 Å². The Bertz CT molecular complexity index is 1400. The zero-order valence-corrected chi connectivity index (χ0v) is 23.9. The molecule has 7 nitrogen and oxygen atoms in total. The highest BCUT2D eigenvalue weighted by molar-refractivity contribution is 7.92. The van der Waals surface area contributed by atoms with Crippen LogP contribution in [0, 0.1) is 0 Å². The molecule has 1 aliphatic rings. The van der Waals surface area contributed by atoms with Gasteiger partial charge < -0.3 is 10.2 Å². The molecule has 4 rings (SSSR count). The van der Waals surface area contributed by atoms with Crippen molar-refractivity contribution < 1.29 is 18.0 Å². The fraction of sp³-hybridized carbons (Fsp3) is 0.310. The first-order valence-corrected chi connectivity index (χ1v) is 15.0. The summed E-state index contributed by atoms with van der Waals surface area (Å²) in [5, 5.41) is 3.78. The largest absolute Gasteiger partial charge is 0.352 e. The summed E-state index contributed by atoms with van der Waals surface area (Å²) in [6, 6.07) is 20.5. The van der Waals surface area contributed by atoms with Gasteiger partial charge in [0.05, 0.1) is 15.6 Å². The highest BCUT2D eigenvalue weighted by Crippen LogP contribution is 2.30. The number of rotatable bonds is 10. The van der Waals surface area contributed by atoms with E-state index < -0.39 is 28.5 Å². The molecule has 1 atom stereocenters. The number of amides is 2. The van der Waals surface area contributed by atoms with Gasteiger partial charge in [-0.05, 0) is 61.7 Å². The average Bonchev–Trinajstić information content (AvgIpc) is 3.45. The molecule has 3 aromatic carbocycles. The molecule has 1 aliphatic carbocycles. The van der Waals surface area contributed by atoms with Crippen LogP contribution in [-0.2, 0) is 26.2 Å². The Balaban J connectivity index is 1.68. The highest BCUT2D eigenvalue weighted by atomic mass is 35.5. The van der Waals surface area contributed by atoms with Gasteiger partial charge in [-0.1, -0.05) is 78.5 Å². The second-order valence-electron chi connectivity index (χ2n) is 9.59. The van der Waals surface area contributed by atoms with E-state index in [0.29, 0.717) is 5.02 Å². The van der Waals surface area contributed by atoms with Crippen molar-refractivity contribution >= 4 is 50.7 Å². The minimum atomic E-state index is -4.16. The minimum absolute atomic E-state index is 0.0222. The number of halogens is 2. The van der Waals surface area contributed by atoms with Crippen LogP contribution < -0.4 is 9.62 Å². The molecule has 1 saturated carbocycles. The lowest BCUT2D eigenvalue weighted by Gasteiger charge is -2.32. The van der Waals surface area contributed by atoms with E-state index in [1.54, 1.807) is 73.7 Å². The Labute approximate surface area is 239 Å². The van der Waals surface area contributed by atoms with Gasteiger partial charge in [0.25, 0.3) is 10.0 Å². The summed E-state index contributed by atoms with van der Waals surface area (Å²) in [5.41, 5.74) is 0.925. The molecule has 3 aromatic rings. The molecule has 0 aromatic heterocycles. The average molecular weight is 589 g/mol. The van der Waals surface area contributed by atoms with Gasteiger partial charge in [0, 0.05) is 17.6 Å². The van der Waals surface area contributed by atoms with Crippen molar-refractivity contribution in [2.24, 2.45) is 0 Å². The molecular formula is C29H31Cl2N3O4S. The summed E-state index contributed by atoms with van der Waals surface area (Å²) in [6.45, 7) is 1.20. The zero-order chi connectivity index (χ0) is 28.0. The van der Waals surface area contributed by atoms with Crippen molar-refractivity contribution in [1.29, 1.82) is 0 Å². The maximum absolute atomic E-state index is 13.9. The summed E-state index contributed by atoms with van der Waals surface area (Å²) < 4.78 is 28.6. The Morgan fingerprint density at radius 2 is 1.54 bits per heavy atom. The molecule has 0 unspecified atom stereocenters. The van der Waals surface area contributed by atoms with Gasteiger partial charge in [0.1, 0.15) is 12.6 Å². The molecule has 0 bridgehead atoms. The van der Waals surface area contributed by atoms with E-state index in [4.69, 9.17) is 23.2 Å². The Morgan fingerprint density at radius 3 is 2.18 bits per heavy atom. The molecular weight excluding hydrogens is 557 g/mol. The third-order valence-electron chi connectivity index (χ3n) is 6.87. The Morgan fingerprint density at radius 1 is 0.923 bits per heavy atom. The van der Waals surface area contributed by atoms with Crippen molar-refractivity contribution in [3.05, 3.63) is 94.5 Å². The van der Waals surface area contributed by atoms with Crippen LogP contribution in [0.1, 0.15) is 38.2 Å². The van der Waals surface area contributed by atoms with Crippen LogP contribution in [0.4, 0.5) is 5.69 Å². The van der Waals surface area contributed by atoms with E-state index in [2.05, 4.69) is 5.32 Å². The van der Waals surface area contributed by atoms with Crippen LogP contribution in [0.25, 0.3) is 0 Å². The molecule has 39 heavy (non-hydrogen) atoms. The number of carbonyl (C=O) groups excluding carboxylic acids is 2. The lowest BCUT2D eigenvalue weighted by Crippen LogP contribution is -2.52. The van der Waals surface area contributed by atoms with Crippen molar-refractivity contribution in [2.75, 3.05) is 10.8 Å². The standard InChI is InChI=1S/C29H31Cl2N3O4S/c1-21(29(36)32-24-9-5-6-10-24)33(19-22-15-17-23(30)18-16-22)28(35)20-34(27-14-8-7-13-26(27)31)39(37,38)25-11-3-2-4-12-25/h2-4,7-8,11-18,21,24H,5-6,9-10,19-20H2,1H3,(H,32,36)/t21-/m0/s1. The molecule has 206 valence electrons. The molecule has 0 heterocycles. The van der Waals surface area contributed by atoms with Crippen LogP contribution in [0.5, 0.6) is 0 Å². The molecule has 1 N–H and O–H groups in total. The summed E-state index contributed by atoms with van der Waals surface area (Å²) in [4.78, 5) is 28.6. The number of para-hydroxylation sites is 1. The van der Waals surface area contributed by atoms with E-state index in [-0.39, 0.29) is 34.1 Å². The van der Waals surface area contributed by atoms with Crippen molar-refractivity contribution in [3.8, 4) is 0 Å². The van der Waals surface area contributed by atoms with Gasteiger partial charge in [-0.3, -0.25) is 13.9 Å². The van der Waals surface area contributed by atoms with Crippen LogP contribution in [-0.4, -0.2) is 43.8 Å². The first-order chi connectivity index (χ1) is 18.7. The van der Waals surface area contributed by atoms with E-state index in [0.717, 1.165) is 35.6 Å². The first-order valence-electron chi connectivity index (χ1n) is 12.8. The molecule has 2 amide bonds. The predicted octanol–water partition coefficient (Wildman–Crippen LogP) is 5.66. The molecule has 0 saturated heterocycles. The van der Waals surface area contributed by atoms with Crippen LogP contribution in [0.2, 0.25) is 10.0 Å². The molecule has 0 radical (unpaired) electrons. The summed E-state index contributed by atoms with van der Waals surface area (Å²) in [6.07, 6.45) is 3.91. The van der Waals surface area contributed by atoms with Crippen LogP contribution >= 0.6 is 23.2 Å². The summed E-state index contributed by atoms with van der Waals surface area (Å²) in [5.74, 6) is -0.821. The van der Waals surface area contributed by atoms with Gasteiger partial charge in [0.2, 0.25) is 11.8 Å². The van der Waals surface area contributed by atoms with Gasteiger partial charge in [-0.25, -0.2) is 8.42 Å². The zero-order valence-electron chi connectivity index (χ0n) is 21.6. The van der Waals surface area contributed by atoms with Gasteiger partial charge in [0.15, 0.2) is 0 Å². The Hall–Kier alpha value is -3.07. The number of nitrogens with zero attached hydrogens (tertiary/aromatic N) is 2. The van der Waals surface area contributed by atoms with E-state index in [1.165, 1.54) is 17.0 Å². The number of anilines is 1. The maximum atomic E-state index is 13.9. The number of carbonyl (C=O) groups is 2. The fourth-order valence-electron chi connectivity index (χ4n) is 4.65. The third-order valence-corrected chi connectivity index (χ3v) is 9.21. The number of sulfonamides is 1.